The largest absolute Gasteiger partial charge is 0.396 e. The van der Waals surface area contributed by atoms with Gasteiger partial charge in [0.1, 0.15) is 15.2 Å². The van der Waals surface area contributed by atoms with E-state index in [0.717, 1.165) is 6.42 Å². The van der Waals surface area contributed by atoms with Gasteiger partial charge in [0.2, 0.25) is 0 Å². The number of aromatic nitrogens is 2. The third-order valence-corrected chi connectivity index (χ3v) is 4.73. The molecule has 0 fully saturated rings. The van der Waals surface area contributed by atoms with Crippen LogP contribution in [0.25, 0.3) is 10.3 Å². The number of amides is 1. The molecule has 0 aromatic carbocycles. The molecule has 0 bridgehead atoms. The predicted octanol–water partition coefficient (Wildman–Crippen LogP) is 2.53. The van der Waals surface area contributed by atoms with Crippen molar-refractivity contribution >= 4 is 33.3 Å². The van der Waals surface area contributed by atoms with E-state index >= 15 is 0 Å². The lowest BCUT2D eigenvalue weighted by Crippen LogP contribution is -2.44. The lowest BCUT2D eigenvalue weighted by Gasteiger charge is -2.34. The van der Waals surface area contributed by atoms with Crippen molar-refractivity contribution in [3.8, 4) is 0 Å². The van der Waals surface area contributed by atoms with E-state index < -0.39 is 0 Å². The molecule has 0 aliphatic carbocycles. The van der Waals surface area contributed by atoms with E-state index in [1.807, 2.05) is 13.8 Å². The van der Waals surface area contributed by atoms with E-state index in [-0.39, 0.29) is 11.4 Å². The van der Waals surface area contributed by atoms with Crippen molar-refractivity contribution in [2.75, 3.05) is 12.8 Å². The number of anilines is 1. The SMILES string of the molecule is CCC(C)(C)N(C)C(=O)c1sc2nccnc2c1N. The van der Waals surface area contributed by atoms with Crippen molar-refractivity contribution in [1.82, 2.24) is 14.9 Å². The van der Waals surface area contributed by atoms with Crippen LogP contribution in [0.4, 0.5) is 5.69 Å². The molecule has 0 saturated carbocycles. The van der Waals surface area contributed by atoms with Crippen molar-refractivity contribution in [2.45, 2.75) is 32.7 Å². The van der Waals surface area contributed by atoms with E-state index in [2.05, 4.69) is 16.9 Å². The number of hydrogen-bond donors (Lipinski definition) is 1. The van der Waals surface area contributed by atoms with Gasteiger partial charge < -0.3 is 10.6 Å². The molecule has 19 heavy (non-hydrogen) atoms. The molecule has 0 atom stereocenters. The van der Waals surface area contributed by atoms with Gasteiger partial charge in [-0.1, -0.05) is 6.92 Å². The van der Waals surface area contributed by atoms with Crippen molar-refractivity contribution in [2.24, 2.45) is 0 Å². The van der Waals surface area contributed by atoms with Crippen LogP contribution >= 0.6 is 11.3 Å². The highest BCUT2D eigenvalue weighted by Crippen LogP contribution is 2.32. The summed E-state index contributed by atoms with van der Waals surface area (Å²) in [5.41, 5.74) is 6.85. The topological polar surface area (TPSA) is 72.1 Å². The Morgan fingerprint density at radius 3 is 2.63 bits per heavy atom. The quantitative estimate of drug-likeness (QED) is 0.936. The second-order valence-corrected chi connectivity index (χ2v) is 6.08. The molecular weight excluding hydrogens is 260 g/mol. The fourth-order valence-corrected chi connectivity index (χ4v) is 2.66. The fraction of sp³-hybridized carbons (Fsp3) is 0.462. The van der Waals surface area contributed by atoms with Crippen LogP contribution in [-0.2, 0) is 0 Å². The Kier molecular flexibility index (Phi) is 3.45. The van der Waals surface area contributed by atoms with Gasteiger partial charge in [0.15, 0.2) is 0 Å². The summed E-state index contributed by atoms with van der Waals surface area (Å²) in [6.45, 7) is 6.12. The fourth-order valence-electron chi connectivity index (χ4n) is 1.67. The van der Waals surface area contributed by atoms with Crippen LogP contribution in [-0.4, -0.2) is 33.4 Å². The molecule has 2 heterocycles. The Morgan fingerprint density at radius 2 is 2.05 bits per heavy atom. The number of rotatable bonds is 3. The van der Waals surface area contributed by atoms with Crippen molar-refractivity contribution in [3.05, 3.63) is 17.3 Å². The Hall–Kier alpha value is -1.69. The maximum atomic E-state index is 12.5. The normalized spacial score (nSPS) is 11.8. The van der Waals surface area contributed by atoms with Gasteiger partial charge in [0.25, 0.3) is 5.91 Å². The first-order valence-corrected chi connectivity index (χ1v) is 6.97. The molecular formula is C13H18N4OS. The second kappa shape index (κ2) is 4.77. The van der Waals surface area contributed by atoms with Crippen molar-refractivity contribution in [1.29, 1.82) is 0 Å². The molecule has 6 heteroatoms. The van der Waals surface area contributed by atoms with Crippen molar-refractivity contribution < 1.29 is 4.79 Å². The average molecular weight is 278 g/mol. The molecule has 0 aliphatic heterocycles. The summed E-state index contributed by atoms with van der Waals surface area (Å²) in [6, 6.07) is 0. The molecule has 0 aliphatic rings. The van der Waals surface area contributed by atoms with Gasteiger partial charge in [-0.15, -0.1) is 11.3 Å². The Labute approximate surface area is 116 Å². The number of nitrogens with two attached hydrogens (primary N) is 1. The highest BCUT2D eigenvalue weighted by molar-refractivity contribution is 7.21. The van der Waals surface area contributed by atoms with E-state index in [9.17, 15) is 4.79 Å². The monoisotopic (exact) mass is 278 g/mol. The number of thiophene rings is 1. The number of fused-ring (bicyclic) bond motifs is 1. The minimum absolute atomic E-state index is 0.0749. The number of hydrogen-bond acceptors (Lipinski definition) is 5. The molecule has 0 radical (unpaired) electrons. The Balaban J connectivity index is 2.45. The van der Waals surface area contributed by atoms with Crippen LogP contribution < -0.4 is 5.73 Å². The maximum absolute atomic E-state index is 12.5. The third-order valence-electron chi connectivity index (χ3n) is 3.64. The summed E-state index contributed by atoms with van der Waals surface area (Å²) in [5.74, 6) is -0.0749. The summed E-state index contributed by atoms with van der Waals surface area (Å²) in [4.78, 5) is 23.9. The molecule has 1 amide bonds. The maximum Gasteiger partial charge on any atom is 0.266 e. The molecule has 102 valence electrons. The Bertz CT molecular complexity index is 620. The molecule has 5 nitrogen and oxygen atoms in total. The van der Waals surface area contributed by atoms with E-state index in [1.165, 1.54) is 11.3 Å². The number of carbonyl (C=O) groups is 1. The summed E-state index contributed by atoms with van der Waals surface area (Å²) in [5, 5.41) is 0. The molecule has 0 saturated heterocycles. The van der Waals surface area contributed by atoms with Gasteiger partial charge in [-0.05, 0) is 20.3 Å². The van der Waals surface area contributed by atoms with E-state index in [1.54, 1.807) is 24.3 Å². The first-order chi connectivity index (χ1) is 8.88. The summed E-state index contributed by atoms with van der Waals surface area (Å²) < 4.78 is 0. The van der Waals surface area contributed by atoms with Gasteiger partial charge in [-0.25, -0.2) is 9.97 Å². The minimum Gasteiger partial charge on any atom is -0.396 e. The van der Waals surface area contributed by atoms with Gasteiger partial charge in [-0.2, -0.15) is 0 Å². The molecule has 2 aromatic rings. The van der Waals surface area contributed by atoms with Gasteiger partial charge >= 0.3 is 0 Å². The highest BCUT2D eigenvalue weighted by atomic mass is 32.1. The minimum atomic E-state index is -0.208. The zero-order valence-electron chi connectivity index (χ0n) is 11.6. The molecule has 2 N–H and O–H groups in total. The molecule has 0 unspecified atom stereocenters. The third kappa shape index (κ3) is 2.28. The van der Waals surface area contributed by atoms with Crippen LogP contribution in [0.1, 0.15) is 36.9 Å². The Morgan fingerprint density at radius 1 is 1.42 bits per heavy atom. The van der Waals surface area contributed by atoms with Crippen LogP contribution in [0.3, 0.4) is 0 Å². The lowest BCUT2D eigenvalue weighted by atomic mass is 10.00. The zero-order valence-corrected chi connectivity index (χ0v) is 12.4. The predicted molar refractivity (Wildman–Crippen MR) is 78.3 cm³/mol. The highest BCUT2D eigenvalue weighted by Gasteiger charge is 2.29. The van der Waals surface area contributed by atoms with Gasteiger partial charge in [0.05, 0.1) is 5.69 Å². The summed E-state index contributed by atoms with van der Waals surface area (Å²) in [7, 11) is 1.80. The smallest absolute Gasteiger partial charge is 0.266 e. The van der Waals surface area contributed by atoms with Crippen LogP contribution in [0.2, 0.25) is 0 Å². The first kappa shape index (κ1) is 13.7. The lowest BCUT2D eigenvalue weighted by molar-refractivity contribution is 0.0626. The number of carbonyl (C=O) groups excluding carboxylic acids is 1. The zero-order chi connectivity index (χ0) is 14.2. The van der Waals surface area contributed by atoms with Crippen LogP contribution in [0, 0.1) is 0 Å². The van der Waals surface area contributed by atoms with E-state index in [0.29, 0.717) is 20.9 Å². The van der Waals surface area contributed by atoms with Crippen LogP contribution in [0.5, 0.6) is 0 Å². The molecule has 0 spiro atoms. The number of nitrogens with zero attached hydrogens (tertiary/aromatic N) is 3. The molecule has 2 rings (SSSR count). The van der Waals surface area contributed by atoms with Crippen molar-refractivity contribution in [3.63, 3.8) is 0 Å². The van der Waals surface area contributed by atoms with Gasteiger partial charge in [-0.3, -0.25) is 4.79 Å². The average Bonchev–Trinajstić information content (AvgIpc) is 2.75. The van der Waals surface area contributed by atoms with Crippen LogP contribution in [0.15, 0.2) is 12.4 Å². The second-order valence-electron chi connectivity index (χ2n) is 5.09. The molecule has 2 aromatic heterocycles. The van der Waals surface area contributed by atoms with Gasteiger partial charge in [0, 0.05) is 25.0 Å². The standard InChI is InChI=1S/C13H18N4OS/c1-5-13(2,3)17(4)12(18)10-8(14)9-11(19-10)16-7-6-15-9/h6-7H,5,14H2,1-4H3. The summed E-state index contributed by atoms with van der Waals surface area (Å²) >= 11 is 1.30. The number of nitrogen functional groups attached to an aromatic ring is 1. The van der Waals surface area contributed by atoms with E-state index in [4.69, 9.17) is 5.73 Å². The first-order valence-electron chi connectivity index (χ1n) is 6.15. The summed E-state index contributed by atoms with van der Waals surface area (Å²) in [6.07, 6.45) is 4.06.